The zero-order valence-corrected chi connectivity index (χ0v) is 10.4. The molecule has 0 spiro atoms. The molecule has 2 aromatic carbocycles. The van der Waals surface area contributed by atoms with Crippen molar-refractivity contribution >= 4 is 45.6 Å². The summed E-state index contributed by atoms with van der Waals surface area (Å²) in [5, 5.41) is 21.3. The van der Waals surface area contributed by atoms with E-state index in [1.54, 1.807) is 18.2 Å². The van der Waals surface area contributed by atoms with Crippen LogP contribution in [0.1, 0.15) is 0 Å². The van der Waals surface area contributed by atoms with Crippen LogP contribution in [-0.2, 0) is 0 Å². The van der Waals surface area contributed by atoms with Crippen LogP contribution in [0.3, 0.4) is 0 Å². The number of hydrogen-bond acceptors (Lipinski definition) is 4. The predicted octanol–water partition coefficient (Wildman–Crippen LogP) is 1.81. The van der Waals surface area contributed by atoms with E-state index in [9.17, 15) is 10.0 Å². The standard InChI is InChI=1S/C15H10BNO3/c18-16(19)10-5-6-14-11(8-10)12-7-9-3-1-2-4-13(9)17-15(12)20-14/h1-8,18-19H. The van der Waals surface area contributed by atoms with Crippen molar-refractivity contribution in [3.8, 4) is 0 Å². The van der Waals surface area contributed by atoms with Crippen LogP contribution in [0.25, 0.3) is 33.0 Å². The van der Waals surface area contributed by atoms with Gasteiger partial charge in [-0.3, -0.25) is 0 Å². The minimum Gasteiger partial charge on any atom is -0.438 e. The lowest BCUT2D eigenvalue weighted by Crippen LogP contribution is -2.29. The smallest absolute Gasteiger partial charge is 0.438 e. The van der Waals surface area contributed by atoms with Gasteiger partial charge in [0.1, 0.15) is 5.58 Å². The van der Waals surface area contributed by atoms with Gasteiger partial charge in [-0.25, -0.2) is 4.98 Å². The zero-order valence-electron chi connectivity index (χ0n) is 10.4. The van der Waals surface area contributed by atoms with Gasteiger partial charge in [0.2, 0.25) is 5.71 Å². The van der Waals surface area contributed by atoms with Crippen molar-refractivity contribution in [1.82, 2.24) is 4.98 Å². The highest BCUT2D eigenvalue weighted by Crippen LogP contribution is 2.29. The highest BCUT2D eigenvalue weighted by atomic mass is 16.4. The van der Waals surface area contributed by atoms with Crippen LogP contribution < -0.4 is 5.46 Å². The third-order valence-corrected chi connectivity index (χ3v) is 3.49. The molecule has 4 rings (SSSR count). The predicted molar refractivity (Wildman–Crippen MR) is 78.8 cm³/mol. The first kappa shape index (κ1) is 11.5. The molecule has 0 saturated heterocycles. The average Bonchev–Trinajstić information content (AvgIpc) is 2.81. The van der Waals surface area contributed by atoms with Crippen LogP contribution in [0.15, 0.2) is 52.9 Å². The maximum absolute atomic E-state index is 9.27. The topological polar surface area (TPSA) is 66.5 Å². The summed E-state index contributed by atoms with van der Waals surface area (Å²) in [5.74, 6) is 0. The fraction of sp³-hybridized carbons (Fsp3) is 0. The number of hydrogen-bond donors (Lipinski definition) is 2. The summed E-state index contributed by atoms with van der Waals surface area (Å²) >= 11 is 0. The van der Waals surface area contributed by atoms with Crippen LogP contribution in [-0.4, -0.2) is 22.2 Å². The molecule has 20 heavy (non-hydrogen) atoms. The second kappa shape index (κ2) is 4.06. The van der Waals surface area contributed by atoms with Gasteiger partial charge in [0.15, 0.2) is 0 Å². The summed E-state index contributed by atoms with van der Waals surface area (Å²) in [7, 11) is -1.49. The van der Waals surface area contributed by atoms with Crippen molar-refractivity contribution in [3.63, 3.8) is 0 Å². The summed E-state index contributed by atoms with van der Waals surface area (Å²) in [6.45, 7) is 0. The molecule has 4 nitrogen and oxygen atoms in total. The van der Waals surface area contributed by atoms with Gasteiger partial charge in [-0.15, -0.1) is 0 Å². The molecule has 0 amide bonds. The molecular weight excluding hydrogens is 253 g/mol. The number of para-hydroxylation sites is 1. The third-order valence-electron chi connectivity index (χ3n) is 3.49. The molecule has 2 aromatic heterocycles. The Balaban J connectivity index is 2.13. The van der Waals surface area contributed by atoms with E-state index in [0.29, 0.717) is 16.8 Å². The van der Waals surface area contributed by atoms with Gasteiger partial charge in [-0.05, 0) is 23.7 Å². The molecule has 0 saturated carbocycles. The molecule has 96 valence electrons. The Morgan fingerprint density at radius 1 is 0.950 bits per heavy atom. The van der Waals surface area contributed by atoms with E-state index in [0.717, 1.165) is 21.7 Å². The normalized spacial score (nSPS) is 11.5. The summed E-state index contributed by atoms with van der Waals surface area (Å²) in [4.78, 5) is 4.50. The Hall–Kier alpha value is -2.37. The van der Waals surface area contributed by atoms with Gasteiger partial charge in [0, 0.05) is 16.2 Å². The molecule has 2 N–H and O–H groups in total. The largest absolute Gasteiger partial charge is 0.488 e. The molecule has 0 unspecified atom stereocenters. The zero-order chi connectivity index (χ0) is 13.7. The fourth-order valence-corrected chi connectivity index (χ4v) is 2.48. The maximum Gasteiger partial charge on any atom is 0.488 e. The minimum atomic E-state index is -1.49. The number of fused-ring (bicyclic) bond motifs is 4. The highest BCUT2D eigenvalue weighted by Gasteiger charge is 2.15. The lowest BCUT2D eigenvalue weighted by molar-refractivity contribution is 0.426. The van der Waals surface area contributed by atoms with Crippen LogP contribution in [0.5, 0.6) is 0 Å². The molecule has 0 fully saturated rings. The van der Waals surface area contributed by atoms with Crippen LogP contribution in [0, 0.1) is 0 Å². The minimum absolute atomic E-state index is 0.438. The summed E-state index contributed by atoms with van der Waals surface area (Å²) in [6.07, 6.45) is 0. The second-order valence-electron chi connectivity index (χ2n) is 4.77. The molecule has 4 aromatic rings. The summed E-state index contributed by atoms with van der Waals surface area (Å²) in [5.41, 5.74) is 2.56. The van der Waals surface area contributed by atoms with Crippen molar-refractivity contribution in [2.24, 2.45) is 0 Å². The number of benzene rings is 2. The van der Waals surface area contributed by atoms with E-state index >= 15 is 0 Å². The molecule has 0 radical (unpaired) electrons. The number of pyridine rings is 1. The molecule has 0 bridgehead atoms. The van der Waals surface area contributed by atoms with E-state index < -0.39 is 7.12 Å². The molecule has 0 aliphatic rings. The number of nitrogens with zero attached hydrogens (tertiary/aromatic N) is 1. The first-order chi connectivity index (χ1) is 9.72. The third kappa shape index (κ3) is 1.61. The van der Waals surface area contributed by atoms with Gasteiger partial charge in [0.25, 0.3) is 0 Å². The molecule has 2 heterocycles. The van der Waals surface area contributed by atoms with E-state index in [2.05, 4.69) is 4.98 Å². The fourth-order valence-electron chi connectivity index (χ4n) is 2.48. The SMILES string of the molecule is OB(O)c1ccc2oc3nc4ccccc4cc3c2c1. The lowest BCUT2D eigenvalue weighted by atomic mass is 9.80. The molecule has 0 aliphatic carbocycles. The maximum atomic E-state index is 9.27. The lowest BCUT2D eigenvalue weighted by Gasteiger charge is -1.98. The van der Waals surface area contributed by atoms with Crippen molar-refractivity contribution in [3.05, 3.63) is 48.5 Å². The number of rotatable bonds is 1. The van der Waals surface area contributed by atoms with Crippen molar-refractivity contribution in [2.75, 3.05) is 0 Å². The van der Waals surface area contributed by atoms with E-state index in [1.165, 1.54) is 0 Å². The average molecular weight is 263 g/mol. The summed E-state index contributed by atoms with van der Waals surface area (Å²) < 4.78 is 5.72. The van der Waals surface area contributed by atoms with E-state index in [1.807, 2.05) is 30.3 Å². The first-order valence-electron chi connectivity index (χ1n) is 6.30. The highest BCUT2D eigenvalue weighted by molar-refractivity contribution is 6.59. The van der Waals surface area contributed by atoms with Crippen LogP contribution >= 0.6 is 0 Å². The Bertz CT molecular complexity index is 946. The van der Waals surface area contributed by atoms with Gasteiger partial charge in [0.05, 0.1) is 5.52 Å². The van der Waals surface area contributed by atoms with Crippen LogP contribution in [0.4, 0.5) is 0 Å². The van der Waals surface area contributed by atoms with Gasteiger partial charge < -0.3 is 14.5 Å². The Morgan fingerprint density at radius 2 is 1.80 bits per heavy atom. The van der Waals surface area contributed by atoms with Crippen LogP contribution in [0.2, 0.25) is 0 Å². The van der Waals surface area contributed by atoms with Crippen molar-refractivity contribution in [1.29, 1.82) is 0 Å². The second-order valence-corrected chi connectivity index (χ2v) is 4.77. The Labute approximate surface area is 114 Å². The van der Waals surface area contributed by atoms with Gasteiger partial charge >= 0.3 is 7.12 Å². The van der Waals surface area contributed by atoms with Crippen molar-refractivity contribution < 1.29 is 14.5 Å². The monoisotopic (exact) mass is 263 g/mol. The Morgan fingerprint density at radius 3 is 2.65 bits per heavy atom. The quantitative estimate of drug-likeness (QED) is 0.514. The first-order valence-corrected chi connectivity index (χ1v) is 6.30. The molecule has 5 heteroatoms. The van der Waals surface area contributed by atoms with Gasteiger partial charge in [-0.1, -0.05) is 30.3 Å². The Kier molecular flexibility index (Phi) is 2.33. The van der Waals surface area contributed by atoms with E-state index in [-0.39, 0.29) is 0 Å². The molecular formula is C15H10BNO3. The van der Waals surface area contributed by atoms with Gasteiger partial charge in [-0.2, -0.15) is 0 Å². The summed E-state index contributed by atoms with van der Waals surface area (Å²) in [6, 6.07) is 14.9. The molecule has 0 atom stereocenters. The molecule has 0 aliphatic heterocycles. The van der Waals surface area contributed by atoms with Crippen molar-refractivity contribution in [2.45, 2.75) is 0 Å². The number of aromatic nitrogens is 1. The van der Waals surface area contributed by atoms with E-state index in [4.69, 9.17) is 4.42 Å². The number of furan rings is 1.